The molecule has 18 heavy (non-hydrogen) atoms. The van der Waals surface area contributed by atoms with Crippen molar-refractivity contribution in [2.45, 2.75) is 20.4 Å². The quantitative estimate of drug-likeness (QED) is 0.919. The van der Waals surface area contributed by atoms with Gasteiger partial charge in [-0.15, -0.1) is 0 Å². The van der Waals surface area contributed by atoms with Crippen LogP contribution >= 0.6 is 11.6 Å². The molecule has 0 aliphatic rings. The van der Waals surface area contributed by atoms with Gasteiger partial charge >= 0.3 is 0 Å². The molecule has 0 atom stereocenters. The summed E-state index contributed by atoms with van der Waals surface area (Å²) in [4.78, 5) is 0. The fraction of sp³-hybridized carbons (Fsp3) is 0.231. The maximum absolute atomic E-state index is 9.01. The Bertz CT molecular complexity index is 594. The number of nitrogens with one attached hydrogen (secondary N) is 1. The van der Waals surface area contributed by atoms with Crippen molar-refractivity contribution in [2.24, 2.45) is 0 Å². The minimum absolute atomic E-state index is 0.552. The summed E-state index contributed by atoms with van der Waals surface area (Å²) >= 11 is 5.92. The van der Waals surface area contributed by atoms with Crippen LogP contribution in [0.5, 0.6) is 0 Å². The number of nitrogens with zero attached hydrogens (tertiary/aromatic N) is 2. The van der Waals surface area contributed by atoms with Crippen LogP contribution in [0.15, 0.2) is 22.7 Å². The lowest BCUT2D eigenvalue weighted by Gasteiger charge is -2.08. The third-order valence-corrected chi connectivity index (χ3v) is 2.97. The first-order chi connectivity index (χ1) is 8.61. The van der Waals surface area contributed by atoms with E-state index in [-0.39, 0.29) is 0 Å². The van der Waals surface area contributed by atoms with Crippen molar-refractivity contribution in [3.63, 3.8) is 0 Å². The molecule has 92 valence electrons. The van der Waals surface area contributed by atoms with Gasteiger partial charge in [0.1, 0.15) is 11.8 Å². The molecule has 1 aromatic carbocycles. The van der Waals surface area contributed by atoms with Crippen molar-refractivity contribution < 1.29 is 4.52 Å². The third-order valence-electron chi connectivity index (χ3n) is 2.74. The summed E-state index contributed by atoms with van der Waals surface area (Å²) in [5.41, 5.74) is 3.12. The molecule has 1 aromatic heterocycles. The Labute approximate surface area is 110 Å². The highest BCUT2D eigenvalue weighted by Crippen LogP contribution is 2.22. The summed E-state index contributed by atoms with van der Waals surface area (Å²) in [6.07, 6.45) is 0. The number of nitriles is 1. The van der Waals surface area contributed by atoms with Gasteiger partial charge in [0.15, 0.2) is 0 Å². The van der Waals surface area contributed by atoms with Gasteiger partial charge in [0.05, 0.1) is 16.9 Å². The van der Waals surface area contributed by atoms with Crippen molar-refractivity contribution >= 4 is 17.3 Å². The Hall–Kier alpha value is -1.99. The van der Waals surface area contributed by atoms with E-state index in [1.807, 2.05) is 13.8 Å². The highest BCUT2D eigenvalue weighted by atomic mass is 35.5. The first kappa shape index (κ1) is 12.5. The smallest absolute Gasteiger partial charge is 0.138 e. The highest BCUT2D eigenvalue weighted by Gasteiger charge is 2.09. The van der Waals surface area contributed by atoms with E-state index in [9.17, 15) is 0 Å². The van der Waals surface area contributed by atoms with Gasteiger partial charge in [0.25, 0.3) is 0 Å². The van der Waals surface area contributed by atoms with Crippen LogP contribution in [0.4, 0.5) is 5.69 Å². The number of hydrogen-bond acceptors (Lipinski definition) is 4. The van der Waals surface area contributed by atoms with Crippen LogP contribution in [0.1, 0.15) is 22.6 Å². The molecule has 0 aliphatic heterocycles. The molecule has 0 amide bonds. The van der Waals surface area contributed by atoms with Crippen molar-refractivity contribution in [3.05, 3.63) is 45.8 Å². The SMILES string of the molecule is Cc1noc(C)c1CNc1cc(Cl)ccc1C#N. The molecule has 0 spiro atoms. The summed E-state index contributed by atoms with van der Waals surface area (Å²) in [7, 11) is 0. The second-order valence-corrected chi connectivity index (χ2v) is 4.39. The van der Waals surface area contributed by atoms with E-state index in [4.69, 9.17) is 21.4 Å². The number of aromatic nitrogens is 1. The third kappa shape index (κ3) is 2.47. The molecular weight excluding hydrogens is 250 g/mol. The molecule has 0 radical (unpaired) electrons. The van der Waals surface area contributed by atoms with Crippen LogP contribution in [0, 0.1) is 25.2 Å². The number of aryl methyl sites for hydroxylation is 2. The molecule has 4 nitrogen and oxygen atoms in total. The predicted octanol–water partition coefficient (Wildman–Crippen LogP) is 3.43. The number of hydrogen-bond donors (Lipinski definition) is 1. The molecule has 1 heterocycles. The zero-order valence-electron chi connectivity index (χ0n) is 10.1. The molecule has 0 bridgehead atoms. The van der Waals surface area contributed by atoms with E-state index in [1.165, 1.54) is 0 Å². The fourth-order valence-electron chi connectivity index (χ4n) is 1.70. The van der Waals surface area contributed by atoms with E-state index < -0.39 is 0 Å². The summed E-state index contributed by atoms with van der Waals surface area (Å²) in [6.45, 7) is 4.30. The minimum Gasteiger partial charge on any atom is -0.380 e. The van der Waals surface area contributed by atoms with Crippen LogP contribution in [0.25, 0.3) is 0 Å². The van der Waals surface area contributed by atoms with Crippen molar-refractivity contribution in [2.75, 3.05) is 5.32 Å². The topological polar surface area (TPSA) is 61.9 Å². The van der Waals surface area contributed by atoms with E-state index in [0.717, 1.165) is 17.0 Å². The lowest BCUT2D eigenvalue weighted by Crippen LogP contribution is -2.03. The zero-order chi connectivity index (χ0) is 13.1. The van der Waals surface area contributed by atoms with E-state index in [2.05, 4.69) is 16.5 Å². The molecular formula is C13H12ClN3O. The second kappa shape index (κ2) is 5.11. The summed E-state index contributed by atoms with van der Waals surface area (Å²) in [5.74, 6) is 0.778. The van der Waals surface area contributed by atoms with Gasteiger partial charge in [-0.3, -0.25) is 0 Å². The number of halogens is 1. The molecule has 1 N–H and O–H groups in total. The minimum atomic E-state index is 0.552. The van der Waals surface area contributed by atoms with Crippen molar-refractivity contribution in [1.82, 2.24) is 5.16 Å². The number of anilines is 1. The molecule has 2 rings (SSSR count). The molecule has 0 fully saturated rings. The van der Waals surface area contributed by atoms with Crippen LogP contribution < -0.4 is 5.32 Å². The Morgan fingerprint density at radius 1 is 1.44 bits per heavy atom. The van der Waals surface area contributed by atoms with Gasteiger partial charge in [-0.05, 0) is 32.0 Å². The zero-order valence-corrected chi connectivity index (χ0v) is 10.9. The van der Waals surface area contributed by atoms with Crippen LogP contribution in [0.3, 0.4) is 0 Å². The fourth-order valence-corrected chi connectivity index (χ4v) is 1.87. The average Bonchev–Trinajstić information content (AvgIpc) is 2.67. The van der Waals surface area contributed by atoms with E-state index >= 15 is 0 Å². The van der Waals surface area contributed by atoms with Gasteiger partial charge in [-0.2, -0.15) is 5.26 Å². The maximum Gasteiger partial charge on any atom is 0.138 e. The monoisotopic (exact) mass is 261 g/mol. The lowest BCUT2D eigenvalue weighted by molar-refractivity contribution is 0.392. The standard InChI is InChI=1S/C13H12ClN3O/c1-8-12(9(2)18-17-8)7-16-13-5-11(14)4-3-10(13)6-15/h3-5,16H,7H2,1-2H3. The second-order valence-electron chi connectivity index (χ2n) is 3.96. The largest absolute Gasteiger partial charge is 0.380 e. The van der Waals surface area contributed by atoms with Crippen LogP contribution in [0.2, 0.25) is 5.02 Å². The molecule has 0 saturated heterocycles. The van der Waals surface area contributed by atoms with Crippen LogP contribution in [-0.4, -0.2) is 5.16 Å². The molecule has 0 saturated carbocycles. The molecule has 5 heteroatoms. The van der Waals surface area contributed by atoms with Gasteiger partial charge in [0.2, 0.25) is 0 Å². The summed E-state index contributed by atoms with van der Waals surface area (Å²) in [5, 5.41) is 16.7. The summed E-state index contributed by atoms with van der Waals surface area (Å²) < 4.78 is 5.08. The molecule has 2 aromatic rings. The first-order valence-electron chi connectivity index (χ1n) is 5.47. The van der Waals surface area contributed by atoms with Gasteiger partial charge in [-0.1, -0.05) is 16.8 Å². The van der Waals surface area contributed by atoms with Gasteiger partial charge < -0.3 is 9.84 Å². The first-order valence-corrected chi connectivity index (χ1v) is 5.85. The van der Waals surface area contributed by atoms with E-state index in [1.54, 1.807) is 18.2 Å². The number of benzene rings is 1. The summed E-state index contributed by atoms with van der Waals surface area (Å²) in [6, 6.07) is 7.24. The van der Waals surface area contributed by atoms with E-state index in [0.29, 0.717) is 22.8 Å². The van der Waals surface area contributed by atoms with Gasteiger partial charge in [-0.25, -0.2) is 0 Å². The Morgan fingerprint density at radius 2 is 2.22 bits per heavy atom. The maximum atomic E-state index is 9.01. The van der Waals surface area contributed by atoms with Gasteiger partial charge in [0, 0.05) is 17.1 Å². The average molecular weight is 262 g/mol. The Kier molecular flexibility index (Phi) is 3.54. The van der Waals surface area contributed by atoms with Crippen molar-refractivity contribution in [1.29, 1.82) is 5.26 Å². The Balaban J connectivity index is 2.21. The Morgan fingerprint density at radius 3 is 2.83 bits per heavy atom. The normalized spacial score (nSPS) is 10.1. The predicted molar refractivity (Wildman–Crippen MR) is 69.5 cm³/mol. The molecule has 0 aliphatic carbocycles. The number of rotatable bonds is 3. The van der Waals surface area contributed by atoms with Crippen molar-refractivity contribution in [3.8, 4) is 6.07 Å². The molecule has 0 unspecified atom stereocenters. The lowest BCUT2D eigenvalue weighted by atomic mass is 10.1. The highest BCUT2D eigenvalue weighted by molar-refractivity contribution is 6.30. The van der Waals surface area contributed by atoms with Crippen LogP contribution in [-0.2, 0) is 6.54 Å².